The molecule has 0 bridgehead atoms. The van der Waals surface area contributed by atoms with Crippen molar-refractivity contribution < 1.29 is 14.1 Å². The average molecular weight is 291 g/mol. The zero-order valence-electron chi connectivity index (χ0n) is 10.4. The van der Waals surface area contributed by atoms with Crippen molar-refractivity contribution in [3.05, 3.63) is 36.1 Å². The van der Waals surface area contributed by atoms with E-state index in [1.54, 1.807) is 24.3 Å². The molecular formula is C14H11ClN2O3. The van der Waals surface area contributed by atoms with Gasteiger partial charge in [-0.3, -0.25) is 9.59 Å². The van der Waals surface area contributed by atoms with Gasteiger partial charge < -0.3 is 9.84 Å². The van der Waals surface area contributed by atoms with Crippen molar-refractivity contribution in [1.82, 2.24) is 5.16 Å². The first-order chi connectivity index (χ1) is 9.63. The molecule has 0 radical (unpaired) electrons. The Balaban J connectivity index is 1.74. The average Bonchev–Trinajstić information content (AvgIpc) is 3.17. The van der Waals surface area contributed by atoms with Crippen molar-refractivity contribution in [1.29, 1.82) is 0 Å². The quantitative estimate of drug-likeness (QED) is 0.878. The van der Waals surface area contributed by atoms with Crippen LogP contribution < -0.4 is 5.32 Å². The van der Waals surface area contributed by atoms with Crippen molar-refractivity contribution in [2.24, 2.45) is 5.92 Å². The number of nitrogens with one attached hydrogen (secondary N) is 1. The van der Waals surface area contributed by atoms with E-state index in [4.69, 9.17) is 16.1 Å². The molecular weight excluding hydrogens is 280 g/mol. The number of rotatable bonds is 4. The summed E-state index contributed by atoms with van der Waals surface area (Å²) < 4.78 is 4.81. The van der Waals surface area contributed by atoms with Crippen LogP contribution in [0, 0.1) is 5.92 Å². The smallest absolute Gasteiger partial charge is 0.290 e. The Bertz CT molecular complexity index is 659. The van der Waals surface area contributed by atoms with Crippen LogP contribution in [0.1, 0.15) is 23.4 Å². The number of carbonyl (C=O) groups excluding carboxylic acids is 2. The fourth-order valence-electron chi connectivity index (χ4n) is 1.82. The number of amides is 1. The minimum Gasteiger partial charge on any atom is -0.351 e. The van der Waals surface area contributed by atoms with Gasteiger partial charge in [0.2, 0.25) is 11.7 Å². The molecule has 0 unspecified atom stereocenters. The summed E-state index contributed by atoms with van der Waals surface area (Å²) in [5.41, 5.74) is 2.04. The molecule has 1 aliphatic rings. The Hall–Kier alpha value is -2.14. The molecule has 1 aromatic heterocycles. The minimum atomic E-state index is -0.683. The summed E-state index contributed by atoms with van der Waals surface area (Å²) in [7, 11) is 0. The molecule has 1 fully saturated rings. The van der Waals surface area contributed by atoms with Gasteiger partial charge in [-0.05, 0) is 36.6 Å². The second-order valence-corrected chi connectivity index (χ2v) is 5.03. The van der Waals surface area contributed by atoms with Crippen molar-refractivity contribution in [2.75, 3.05) is 5.32 Å². The zero-order chi connectivity index (χ0) is 14.1. The Morgan fingerprint density at radius 3 is 2.50 bits per heavy atom. The summed E-state index contributed by atoms with van der Waals surface area (Å²) in [6.45, 7) is 0. The molecule has 0 aliphatic heterocycles. The van der Waals surface area contributed by atoms with Gasteiger partial charge in [0.1, 0.15) is 5.69 Å². The van der Waals surface area contributed by atoms with E-state index in [1.807, 2.05) is 0 Å². The lowest BCUT2D eigenvalue weighted by Crippen LogP contribution is -2.12. The maximum Gasteiger partial charge on any atom is 0.290 e. The van der Waals surface area contributed by atoms with Crippen LogP contribution in [-0.4, -0.2) is 16.3 Å². The number of hydrogen-bond acceptors (Lipinski definition) is 4. The van der Waals surface area contributed by atoms with Gasteiger partial charge in [-0.1, -0.05) is 17.3 Å². The van der Waals surface area contributed by atoms with Crippen LogP contribution in [0.15, 0.2) is 34.9 Å². The standard InChI is InChI=1S/C14H11ClN2O3/c15-13(18)12-7-11(17-20-12)8-3-5-10(6-4-8)16-14(19)9-1-2-9/h3-7,9H,1-2H2,(H,16,19). The lowest BCUT2D eigenvalue weighted by atomic mass is 10.1. The van der Waals surface area contributed by atoms with Crippen LogP contribution in [0.25, 0.3) is 11.3 Å². The second kappa shape index (κ2) is 5.09. The molecule has 2 aromatic rings. The van der Waals surface area contributed by atoms with Gasteiger partial charge in [-0.25, -0.2) is 0 Å². The van der Waals surface area contributed by atoms with Crippen LogP contribution in [-0.2, 0) is 4.79 Å². The fourth-order valence-corrected chi connectivity index (χ4v) is 1.91. The summed E-state index contributed by atoms with van der Waals surface area (Å²) in [5, 5.41) is 5.93. The topological polar surface area (TPSA) is 72.2 Å². The summed E-state index contributed by atoms with van der Waals surface area (Å²) in [4.78, 5) is 22.5. The number of nitrogens with zero attached hydrogens (tertiary/aromatic N) is 1. The number of hydrogen-bond donors (Lipinski definition) is 1. The van der Waals surface area contributed by atoms with Gasteiger partial charge in [0.05, 0.1) is 0 Å². The van der Waals surface area contributed by atoms with Gasteiger partial charge in [0.25, 0.3) is 5.24 Å². The van der Waals surface area contributed by atoms with E-state index in [-0.39, 0.29) is 17.6 Å². The number of aromatic nitrogens is 1. The zero-order valence-corrected chi connectivity index (χ0v) is 11.2. The summed E-state index contributed by atoms with van der Waals surface area (Å²) in [5.74, 6) is 0.240. The molecule has 5 nitrogen and oxygen atoms in total. The second-order valence-electron chi connectivity index (χ2n) is 4.69. The number of anilines is 1. The van der Waals surface area contributed by atoms with Crippen molar-refractivity contribution in [3.63, 3.8) is 0 Å². The lowest BCUT2D eigenvalue weighted by molar-refractivity contribution is -0.117. The Kier molecular flexibility index (Phi) is 3.28. The maximum atomic E-state index is 11.6. The first kappa shape index (κ1) is 12.9. The van der Waals surface area contributed by atoms with E-state index in [0.29, 0.717) is 5.69 Å². The van der Waals surface area contributed by atoms with Gasteiger partial charge in [0.15, 0.2) is 0 Å². The molecule has 1 N–H and O–H groups in total. The highest BCUT2D eigenvalue weighted by atomic mass is 35.5. The van der Waals surface area contributed by atoms with E-state index in [1.165, 1.54) is 6.07 Å². The van der Waals surface area contributed by atoms with E-state index in [2.05, 4.69) is 10.5 Å². The monoisotopic (exact) mass is 290 g/mol. The Morgan fingerprint density at radius 2 is 1.95 bits per heavy atom. The summed E-state index contributed by atoms with van der Waals surface area (Å²) >= 11 is 5.30. The highest BCUT2D eigenvalue weighted by molar-refractivity contribution is 6.67. The summed E-state index contributed by atoms with van der Waals surface area (Å²) in [6.07, 6.45) is 1.94. The van der Waals surface area contributed by atoms with E-state index >= 15 is 0 Å². The number of carbonyl (C=O) groups is 2. The first-order valence-electron chi connectivity index (χ1n) is 6.21. The predicted octanol–water partition coefficient (Wildman–Crippen LogP) is 3.07. The highest BCUT2D eigenvalue weighted by Crippen LogP contribution is 2.30. The van der Waals surface area contributed by atoms with E-state index in [0.717, 1.165) is 24.1 Å². The highest BCUT2D eigenvalue weighted by Gasteiger charge is 2.29. The van der Waals surface area contributed by atoms with Crippen LogP contribution in [0.5, 0.6) is 0 Å². The molecule has 6 heteroatoms. The molecule has 1 aromatic carbocycles. The molecule has 1 saturated carbocycles. The third-order valence-corrected chi connectivity index (χ3v) is 3.29. The number of benzene rings is 1. The predicted molar refractivity (Wildman–Crippen MR) is 73.5 cm³/mol. The third-order valence-electron chi connectivity index (χ3n) is 3.10. The van der Waals surface area contributed by atoms with Crippen molar-refractivity contribution in [3.8, 4) is 11.3 Å². The molecule has 3 rings (SSSR count). The van der Waals surface area contributed by atoms with Crippen molar-refractivity contribution >= 4 is 28.4 Å². The first-order valence-corrected chi connectivity index (χ1v) is 6.59. The molecule has 0 saturated heterocycles. The van der Waals surface area contributed by atoms with Crippen molar-refractivity contribution in [2.45, 2.75) is 12.8 Å². The fraction of sp³-hybridized carbons (Fsp3) is 0.214. The largest absolute Gasteiger partial charge is 0.351 e. The minimum absolute atomic E-state index is 0.00720. The molecule has 1 amide bonds. The van der Waals surface area contributed by atoms with Crippen LogP contribution >= 0.6 is 11.6 Å². The van der Waals surface area contributed by atoms with Gasteiger partial charge in [-0.2, -0.15) is 0 Å². The molecule has 102 valence electrons. The number of halogens is 1. The van der Waals surface area contributed by atoms with Crippen LogP contribution in [0.3, 0.4) is 0 Å². The Morgan fingerprint density at radius 1 is 1.25 bits per heavy atom. The molecule has 0 atom stereocenters. The van der Waals surface area contributed by atoms with Gasteiger partial charge in [-0.15, -0.1) is 0 Å². The molecule has 1 heterocycles. The maximum absolute atomic E-state index is 11.6. The van der Waals surface area contributed by atoms with Gasteiger partial charge >= 0.3 is 0 Å². The SMILES string of the molecule is O=C(Cl)c1cc(-c2ccc(NC(=O)C3CC3)cc2)no1. The molecule has 20 heavy (non-hydrogen) atoms. The van der Waals surface area contributed by atoms with Gasteiger partial charge in [0, 0.05) is 23.2 Å². The van der Waals surface area contributed by atoms with E-state index in [9.17, 15) is 9.59 Å². The molecule has 0 spiro atoms. The van der Waals surface area contributed by atoms with Crippen LogP contribution in [0.4, 0.5) is 5.69 Å². The Labute approximate surface area is 119 Å². The van der Waals surface area contributed by atoms with Crippen LogP contribution in [0.2, 0.25) is 0 Å². The van der Waals surface area contributed by atoms with E-state index < -0.39 is 5.24 Å². The normalized spacial score (nSPS) is 14.1. The lowest BCUT2D eigenvalue weighted by Gasteiger charge is -2.04. The summed E-state index contributed by atoms with van der Waals surface area (Å²) in [6, 6.07) is 8.64. The molecule has 1 aliphatic carbocycles. The third kappa shape index (κ3) is 2.72.